The fraction of sp³-hybridized carbons (Fsp3) is 0.647. The molecule has 3 atom stereocenters. The van der Waals surface area contributed by atoms with Crippen LogP contribution in [0.4, 0.5) is 0 Å². The molecule has 1 aromatic heterocycles. The fourth-order valence-corrected chi connectivity index (χ4v) is 3.32. The maximum absolute atomic E-state index is 11.5. The Morgan fingerprint density at radius 1 is 1.30 bits per heavy atom. The van der Waals surface area contributed by atoms with Gasteiger partial charge in [0, 0.05) is 11.9 Å². The Kier molecular flexibility index (Phi) is 4.17. The van der Waals surface area contributed by atoms with Crippen LogP contribution in [0.2, 0.25) is 0 Å². The van der Waals surface area contributed by atoms with Crippen LogP contribution in [0.15, 0.2) is 18.3 Å². The number of hydrogen-bond donors (Lipinski definition) is 1. The van der Waals surface area contributed by atoms with Gasteiger partial charge in [-0.25, -0.2) is 0 Å². The number of carboxylic acid groups (broad SMARTS) is 1. The highest BCUT2D eigenvalue weighted by Gasteiger charge is 2.39. The third-order valence-electron chi connectivity index (χ3n) is 4.75. The van der Waals surface area contributed by atoms with Gasteiger partial charge in [0.1, 0.15) is 0 Å². The molecular weight excluding hydrogens is 250 g/mol. The highest BCUT2D eigenvalue weighted by atomic mass is 16.4. The van der Waals surface area contributed by atoms with Gasteiger partial charge < -0.3 is 5.11 Å². The van der Waals surface area contributed by atoms with Crippen molar-refractivity contribution in [2.45, 2.75) is 52.9 Å². The predicted molar refractivity (Wildman–Crippen MR) is 79.6 cm³/mol. The summed E-state index contributed by atoms with van der Waals surface area (Å²) in [6.07, 6.45) is 4.60. The number of aliphatic carboxylic acids is 1. The maximum atomic E-state index is 11.5. The largest absolute Gasteiger partial charge is 0.481 e. The van der Waals surface area contributed by atoms with Crippen LogP contribution >= 0.6 is 0 Å². The third kappa shape index (κ3) is 3.20. The molecule has 3 unspecified atom stereocenters. The van der Waals surface area contributed by atoms with Crippen LogP contribution < -0.4 is 0 Å². The maximum Gasteiger partial charge on any atom is 0.307 e. The van der Waals surface area contributed by atoms with Gasteiger partial charge in [-0.2, -0.15) is 0 Å². The van der Waals surface area contributed by atoms with Crippen molar-refractivity contribution < 1.29 is 9.90 Å². The average molecular weight is 275 g/mol. The second-order valence-corrected chi connectivity index (χ2v) is 7.16. The number of carbonyl (C=O) groups is 1. The van der Waals surface area contributed by atoms with Crippen LogP contribution in [-0.4, -0.2) is 16.1 Å². The molecule has 0 saturated heterocycles. The molecule has 0 spiro atoms. The Morgan fingerprint density at radius 3 is 2.50 bits per heavy atom. The zero-order valence-corrected chi connectivity index (χ0v) is 12.9. The minimum absolute atomic E-state index is 0.0959. The van der Waals surface area contributed by atoms with Crippen molar-refractivity contribution >= 4 is 5.97 Å². The summed E-state index contributed by atoms with van der Waals surface area (Å²) in [5.74, 6) is -0.260. The van der Waals surface area contributed by atoms with E-state index in [2.05, 4.69) is 25.8 Å². The Hall–Kier alpha value is -1.38. The first-order chi connectivity index (χ1) is 9.29. The second-order valence-electron chi connectivity index (χ2n) is 7.16. The highest BCUT2D eigenvalue weighted by Crippen LogP contribution is 2.46. The lowest BCUT2D eigenvalue weighted by Crippen LogP contribution is -2.34. The molecule has 3 heteroatoms. The van der Waals surface area contributed by atoms with Crippen LogP contribution in [-0.2, 0) is 4.79 Å². The van der Waals surface area contributed by atoms with E-state index in [0.717, 1.165) is 30.5 Å². The highest BCUT2D eigenvalue weighted by molar-refractivity contribution is 5.71. The zero-order chi connectivity index (χ0) is 14.9. The molecule has 20 heavy (non-hydrogen) atoms. The molecule has 1 N–H and O–H groups in total. The van der Waals surface area contributed by atoms with Crippen molar-refractivity contribution in [3.63, 3.8) is 0 Å². The van der Waals surface area contributed by atoms with E-state index in [4.69, 9.17) is 0 Å². The van der Waals surface area contributed by atoms with Crippen molar-refractivity contribution in [3.05, 3.63) is 29.6 Å². The molecule has 1 aliphatic rings. The van der Waals surface area contributed by atoms with Gasteiger partial charge in [-0.1, -0.05) is 26.8 Å². The van der Waals surface area contributed by atoms with E-state index >= 15 is 0 Å². The minimum Gasteiger partial charge on any atom is -0.481 e. The third-order valence-corrected chi connectivity index (χ3v) is 4.75. The van der Waals surface area contributed by atoms with Gasteiger partial charge in [-0.15, -0.1) is 0 Å². The lowest BCUT2D eigenvalue weighted by molar-refractivity contribution is -0.144. The lowest BCUT2D eigenvalue weighted by Gasteiger charge is -2.40. The van der Waals surface area contributed by atoms with Crippen molar-refractivity contribution in [2.24, 2.45) is 17.3 Å². The topological polar surface area (TPSA) is 50.2 Å². The van der Waals surface area contributed by atoms with Crippen LogP contribution in [0.3, 0.4) is 0 Å². The van der Waals surface area contributed by atoms with Crippen LogP contribution in [0.25, 0.3) is 0 Å². The summed E-state index contributed by atoms with van der Waals surface area (Å²) in [6, 6.07) is 4.03. The Labute approximate surface area is 121 Å². The predicted octanol–water partition coefficient (Wildman–Crippen LogP) is 4.02. The van der Waals surface area contributed by atoms with E-state index < -0.39 is 5.97 Å². The van der Waals surface area contributed by atoms with Gasteiger partial charge >= 0.3 is 5.97 Å². The normalized spacial score (nSPS) is 27.3. The van der Waals surface area contributed by atoms with Crippen LogP contribution in [0.5, 0.6) is 0 Å². The molecule has 0 bridgehead atoms. The number of nitrogens with zero attached hydrogens (tertiary/aromatic N) is 1. The molecule has 1 saturated carbocycles. The smallest absolute Gasteiger partial charge is 0.307 e. The molecule has 2 rings (SSSR count). The number of aryl methyl sites for hydroxylation is 1. The van der Waals surface area contributed by atoms with Crippen LogP contribution in [0.1, 0.15) is 57.2 Å². The summed E-state index contributed by atoms with van der Waals surface area (Å²) in [7, 11) is 0. The summed E-state index contributed by atoms with van der Waals surface area (Å²) in [4.78, 5) is 15.9. The molecular formula is C17H25NO2. The fourth-order valence-electron chi connectivity index (χ4n) is 3.32. The summed E-state index contributed by atoms with van der Waals surface area (Å²) >= 11 is 0. The van der Waals surface area contributed by atoms with Gasteiger partial charge in [0.05, 0.1) is 5.92 Å². The Bertz CT molecular complexity index is 473. The lowest BCUT2D eigenvalue weighted by atomic mass is 9.64. The second kappa shape index (κ2) is 5.55. The van der Waals surface area contributed by atoms with E-state index in [-0.39, 0.29) is 17.3 Å². The number of rotatable bonds is 2. The quantitative estimate of drug-likeness (QED) is 0.886. The van der Waals surface area contributed by atoms with Gasteiger partial charge in [-0.3, -0.25) is 9.78 Å². The summed E-state index contributed by atoms with van der Waals surface area (Å²) in [5.41, 5.74) is 2.29. The number of hydrogen-bond acceptors (Lipinski definition) is 2. The molecule has 1 fully saturated rings. The molecule has 0 amide bonds. The number of aromatic nitrogens is 1. The van der Waals surface area contributed by atoms with Gasteiger partial charge in [0.15, 0.2) is 0 Å². The first-order valence-corrected chi connectivity index (χ1v) is 7.44. The summed E-state index contributed by atoms with van der Waals surface area (Å²) in [5, 5.41) is 9.49. The van der Waals surface area contributed by atoms with E-state index in [0.29, 0.717) is 5.92 Å². The Morgan fingerprint density at radius 2 is 2.00 bits per heavy atom. The van der Waals surface area contributed by atoms with E-state index in [1.807, 2.05) is 25.3 Å². The SMILES string of the molecule is Cc1ccc(C2CC(C(C)(C)C)CCC2C(=O)O)cn1. The standard InChI is InChI=1S/C17H25NO2/c1-11-5-6-12(10-18-11)15-9-13(17(2,3)4)7-8-14(15)16(19)20/h5-6,10,13-15H,7-9H2,1-4H3,(H,19,20). The minimum atomic E-state index is -0.664. The molecule has 0 aliphatic heterocycles. The Balaban J connectivity index is 2.27. The summed E-state index contributed by atoms with van der Waals surface area (Å²) < 4.78 is 0. The molecule has 1 heterocycles. The monoisotopic (exact) mass is 275 g/mol. The molecule has 0 radical (unpaired) electrons. The van der Waals surface area contributed by atoms with Crippen molar-refractivity contribution in [2.75, 3.05) is 0 Å². The first kappa shape index (κ1) is 15.0. The number of pyridine rings is 1. The first-order valence-electron chi connectivity index (χ1n) is 7.44. The van der Waals surface area contributed by atoms with Crippen LogP contribution in [0, 0.1) is 24.2 Å². The molecule has 110 valence electrons. The average Bonchev–Trinajstić information content (AvgIpc) is 2.37. The molecule has 1 aromatic rings. The van der Waals surface area contributed by atoms with E-state index in [1.54, 1.807) is 0 Å². The van der Waals surface area contributed by atoms with Crippen molar-refractivity contribution in [1.82, 2.24) is 4.98 Å². The summed E-state index contributed by atoms with van der Waals surface area (Å²) in [6.45, 7) is 8.72. The van der Waals surface area contributed by atoms with Gasteiger partial charge in [0.25, 0.3) is 0 Å². The zero-order valence-electron chi connectivity index (χ0n) is 12.9. The van der Waals surface area contributed by atoms with Gasteiger partial charge in [0.2, 0.25) is 0 Å². The number of carboxylic acids is 1. The van der Waals surface area contributed by atoms with Crippen molar-refractivity contribution in [1.29, 1.82) is 0 Å². The molecule has 1 aliphatic carbocycles. The molecule has 0 aromatic carbocycles. The van der Waals surface area contributed by atoms with Crippen molar-refractivity contribution in [3.8, 4) is 0 Å². The molecule has 3 nitrogen and oxygen atoms in total. The van der Waals surface area contributed by atoms with E-state index in [1.165, 1.54) is 0 Å². The van der Waals surface area contributed by atoms with Gasteiger partial charge in [-0.05, 0) is 55.1 Å². The van der Waals surface area contributed by atoms with E-state index in [9.17, 15) is 9.90 Å².